The largest absolute Gasteiger partial charge is 0.439 e. The second-order valence-electron chi connectivity index (χ2n) is 6.66. The van der Waals surface area contributed by atoms with Gasteiger partial charge < -0.3 is 14.6 Å². The molecule has 4 aromatic rings. The van der Waals surface area contributed by atoms with Crippen molar-refractivity contribution in [1.82, 2.24) is 9.55 Å². The van der Waals surface area contributed by atoms with Crippen molar-refractivity contribution < 1.29 is 22.7 Å². The van der Waals surface area contributed by atoms with Gasteiger partial charge in [0.25, 0.3) is 5.91 Å². The molecule has 0 saturated carbocycles. The number of carbonyl (C=O) groups excluding carboxylic acids is 1. The zero-order valence-corrected chi connectivity index (χ0v) is 15.8. The van der Waals surface area contributed by atoms with Crippen LogP contribution in [0, 0.1) is 0 Å². The summed E-state index contributed by atoms with van der Waals surface area (Å²) in [5.74, 6) is 0.439. The lowest BCUT2D eigenvalue weighted by atomic mass is 10.1. The third-order valence-corrected chi connectivity index (χ3v) is 4.55. The van der Waals surface area contributed by atoms with E-state index in [1.54, 1.807) is 12.1 Å². The van der Waals surface area contributed by atoms with Crippen molar-refractivity contribution in [2.45, 2.75) is 6.18 Å². The van der Waals surface area contributed by atoms with Crippen molar-refractivity contribution in [3.8, 4) is 11.6 Å². The van der Waals surface area contributed by atoms with Gasteiger partial charge in [0.2, 0.25) is 5.88 Å². The first-order valence-electron chi connectivity index (χ1n) is 8.97. The first kappa shape index (κ1) is 19.5. The zero-order valence-electron chi connectivity index (χ0n) is 15.8. The molecular formula is C22H16F3N3O2. The molecule has 1 amide bonds. The van der Waals surface area contributed by atoms with Gasteiger partial charge in [-0.25, -0.2) is 4.98 Å². The first-order chi connectivity index (χ1) is 14.3. The molecule has 5 nitrogen and oxygen atoms in total. The molecule has 8 heteroatoms. The van der Waals surface area contributed by atoms with E-state index in [4.69, 9.17) is 4.74 Å². The second kappa shape index (κ2) is 7.55. The number of pyridine rings is 1. The van der Waals surface area contributed by atoms with Crippen LogP contribution in [0.5, 0.6) is 11.6 Å². The minimum atomic E-state index is -4.44. The number of alkyl halides is 3. The quantitative estimate of drug-likeness (QED) is 0.473. The number of ether oxygens (including phenoxy) is 1. The molecule has 0 atom stereocenters. The highest BCUT2D eigenvalue weighted by atomic mass is 19.4. The van der Waals surface area contributed by atoms with E-state index >= 15 is 0 Å². The molecule has 0 aliphatic heterocycles. The molecule has 0 saturated heterocycles. The van der Waals surface area contributed by atoms with Crippen molar-refractivity contribution >= 4 is 22.5 Å². The number of hydrogen-bond acceptors (Lipinski definition) is 3. The maximum atomic E-state index is 12.6. The molecule has 0 radical (unpaired) electrons. The molecule has 0 bridgehead atoms. The van der Waals surface area contributed by atoms with Gasteiger partial charge in [0.1, 0.15) is 5.75 Å². The van der Waals surface area contributed by atoms with Crippen molar-refractivity contribution in [1.29, 1.82) is 0 Å². The molecule has 30 heavy (non-hydrogen) atoms. The number of halogens is 3. The Labute approximate surface area is 169 Å². The van der Waals surface area contributed by atoms with Gasteiger partial charge in [0.05, 0.1) is 17.4 Å². The lowest BCUT2D eigenvalue weighted by Gasteiger charge is -2.09. The van der Waals surface area contributed by atoms with Crippen molar-refractivity contribution in [2.75, 3.05) is 5.32 Å². The number of nitrogens with zero attached hydrogens (tertiary/aromatic N) is 2. The highest BCUT2D eigenvalue weighted by Crippen LogP contribution is 2.29. The number of benzene rings is 2. The van der Waals surface area contributed by atoms with Crippen molar-refractivity contribution in [3.05, 3.63) is 84.2 Å². The summed E-state index contributed by atoms with van der Waals surface area (Å²) in [6.07, 6.45) is -1.07. The van der Waals surface area contributed by atoms with Gasteiger partial charge >= 0.3 is 6.18 Å². The molecule has 2 aromatic heterocycles. The van der Waals surface area contributed by atoms with Gasteiger partial charge in [0.15, 0.2) is 0 Å². The summed E-state index contributed by atoms with van der Waals surface area (Å²) in [7, 11) is 1.96. The van der Waals surface area contributed by atoms with Crippen LogP contribution in [0.15, 0.2) is 73.1 Å². The van der Waals surface area contributed by atoms with E-state index in [-0.39, 0.29) is 5.56 Å². The number of amides is 1. The van der Waals surface area contributed by atoms with Crippen LogP contribution in [0.2, 0.25) is 0 Å². The van der Waals surface area contributed by atoms with Crippen LogP contribution in [0.25, 0.3) is 10.9 Å². The SMILES string of the molecule is Cn1ccc2cc(Oc3ccc(NC(=O)c4ccc(C(F)(F)F)cc4)cn3)ccc21. The summed E-state index contributed by atoms with van der Waals surface area (Å²) in [4.78, 5) is 16.4. The Morgan fingerprint density at radius 1 is 1.03 bits per heavy atom. The fraction of sp³-hybridized carbons (Fsp3) is 0.0909. The Morgan fingerprint density at radius 3 is 2.47 bits per heavy atom. The fourth-order valence-electron chi connectivity index (χ4n) is 2.97. The normalized spacial score (nSPS) is 11.5. The van der Waals surface area contributed by atoms with Crippen molar-refractivity contribution in [3.63, 3.8) is 0 Å². The number of carbonyl (C=O) groups is 1. The number of fused-ring (bicyclic) bond motifs is 1. The number of rotatable bonds is 4. The van der Waals surface area contributed by atoms with E-state index in [9.17, 15) is 18.0 Å². The predicted molar refractivity (Wildman–Crippen MR) is 107 cm³/mol. The molecule has 0 aliphatic rings. The van der Waals surface area contributed by atoms with Crippen LogP contribution in [0.3, 0.4) is 0 Å². The molecular weight excluding hydrogens is 395 g/mol. The molecule has 152 valence electrons. The van der Waals surface area contributed by atoms with Gasteiger partial charge in [0, 0.05) is 35.8 Å². The zero-order chi connectivity index (χ0) is 21.3. The average molecular weight is 411 g/mol. The van der Waals surface area contributed by atoms with Crippen LogP contribution in [0.4, 0.5) is 18.9 Å². The van der Waals surface area contributed by atoms with Crippen LogP contribution < -0.4 is 10.1 Å². The number of hydrogen-bond donors (Lipinski definition) is 1. The van der Waals surface area contributed by atoms with E-state index in [1.807, 2.05) is 42.1 Å². The van der Waals surface area contributed by atoms with Crippen LogP contribution in [-0.2, 0) is 13.2 Å². The third-order valence-electron chi connectivity index (χ3n) is 4.55. The van der Waals surface area contributed by atoms with Gasteiger partial charge in [-0.1, -0.05) is 0 Å². The Bertz CT molecular complexity index is 1200. The molecule has 2 heterocycles. The summed E-state index contributed by atoms with van der Waals surface area (Å²) in [5, 5.41) is 3.63. The molecule has 2 aromatic carbocycles. The highest BCUT2D eigenvalue weighted by Gasteiger charge is 2.30. The van der Waals surface area contributed by atoms with E-state index < -0.39 is 17.6 Å². The minimum absolute atomic E-state index is 0.111. The Balaban J connectivity index is 1.42. The maximum Gasteiger partial charge on any atom is 0.416 e. The molecule has 4 rings (SSSR count). The van der Waals surface area contributed by atoms with Gasteiger partial charge in [-0.3, -0.25) is 4.79 Å². The smallest absolute Gasteiger partial charge is 0.416 e. The van der Waals surface area contributed by atoms with Gasteiger partial charge in [-0.05, 0) is 54.6 Å². The van der Waals surface area contributed by atoms with Gasteiger partial charge in [-0.15, -0.1) is 0 Å². The lowest BCUT2D eigenvalue weighted by molar-refractivity contribution is -0.137. The predicted octanol–water partition coefficient (Wildman–Crippen LogP) is 5.64. The lowest BCUT2D eigenvalue weighted by Crippen LogP contribution is -2.13. The number of nitrogens with one attached hydrogen (secondary N) is 1. The number of aromatic nitrogens is 2. The van der Waals surface area contributed by atoms with Crippen LogP contribution >= 0.6 is 0 Å². The van der Waals surface area contributed by atoms with E-state index in [0.29, 0.717) is 17.3 Å². The van der Waals surface area contributed by atoms with Crippen molar-refractivity contribution in [2.24, 2.45) is 7.05 Å². The average Bonchev–Trinajstić information content (AvgIpc) is 3.09. The molecule has 0 fully saturated rings. The summed E-state index contributed by atoms with van der Waals surface area (Å²) in [6, 6.07) is 14.9. The first-order valence-corrected chi connectivity index (χ1v) is 8.97. The standard InChI is InChI=1S/C22H16F3N3O2/c1-28-11-10-15-12-18(7-8-19(15)28)30-20-9-6-17(13-26-20)27-21(29)14-2-4-16(5-3-14)22(23,24)25/h2-13H,1H3,(H,27,29). The molecule has 0 spiro atoms. The fourth-order valence-corrected chi connectivity index (χ4v) is 2.97. The van der Waals surface area contributed by atoms with E-state index in [0.717, 1.165) is 35.2 Å². The summed E-state index contributed by atoms with van der Waals surface area (Å²) in [6.45, 7) is 0. The Morgan fingerprint density at radius 2 is 1.80 bits per heavy atom. The van der Waals surface area contributed by atoms with Crippen LogP contribution in [0.1, 0.15) is 15.9 Å². The maximum absolute atomic E-state index is 12.6. The number of anilines is 1. The monoisotopic (exact) mass is 411 g/mol. The van der Waals surface area contributed by atoms with E-state index in [1.165, 1.54) is 6.20 Å². The summed E-state index contributed by atoms with van der Waals surface area (Å²) < 4.78 is 45.6. The van der Waals surface area contributed by atoms with Crippen LogP contribution in [-0.4, -0.2) is 15.5 Å². The summed E-state index contributed by atoms with van der Waals surface area (Å²) >= 11 is 0. The molecule has 0 unspecified atom stereocenters. The van der Waals surface area contributed by atoms with E-state index in [2.05, 4.69) is 10.3 Å². The second-order valence-corrected chi connectivity index (χ2v) is 6.66. The Hall–Kier alpha value is -3.81. The highest BCUT2D eigenvalue weighted by molar-refractivity contribution is 6.04. The summed E-state index contributed by atoms with van der Waals surface area (Å²) in [5.41, 5.74) is 0.776. The van der Waals surface area contributed by atoms with Gasteiger partial charge in [-0.2, -0.15) is 13.2 Å². The molecule has 1 N–H and O–H groups in total. The topological polar surface area (TPSA) is 56.1 Å². The number of aryl methyl sites for hydroxylation is 1. The minimum Gasteiger partial charge on any atom is -0.439 e. The Kier molecular flexibility index (Phi) is 4.91. The third kappa shape index (κ3) is 4.12. The molecule has 0 aliphatic carbocycles.